The van der Waals surface area contributed by atoms with Crippen molar-refractivity contribution in [3.05, 3.63) is 43.0 Å². The smallest absolute Gasteiger partial charge is 0.303 e. The minimum absolute atomic E-state index is 0.288. The summed E-state index contributed by atoms with van der Waals surface area (Å²) in [4.78, 5) is 47.7. The molecule has 1 N–H and O–H groups in total. The minimum atomic E-state index is -1.17. The number of aromatic nitrogens is 3. The van der Waals surface area contributed by atoms with Crippen LogP contribution in [0.4, 0.5) is 0 Å². The first kappa shape index (κ1) is 28.9. The van der Waals surface area contributed by atoms with Crippen molar-refractivity contribution in [2.45, 2.75) is 69.2 Å². The second kappa shape index (κ2) is 13.2. The van der Waals surface area contributed by atoms with E-state index < -0.39 is 53.6 Å². The number of hydrogen-bond donors (Lipinski definition) is 1. The van der Waals surface area contributed by atoms with Crippen LogP contribution in [0.15, 0.2) is 48.1 Å². The van der Waals surface area contributed by atoms with E-state index in [9.17, 15) is 19.2 Å². The van der Waals surface area contributed by atoms with Crippen LogP contribution in [-0.2, 0) is 44.7 Å². The summed E-state index contributed by atoms with van der Waals surface area (Å²) in [5.74, 6) is -1.76. The normalized spacial score (nSPS) is 22.7. The summed E-state index contributed by atoms with van der Waals surface area (Å²) < 4.78 is 24.2. The first-order valence-electron chi connectivity index (χ1n) is 11.8. The van der Waals surface area contributed by atoms with E-state index in [2.05, 4.69) is 22.1 Å². The zero-order chi connectivity index (χ0) is 27.8. The number of nitrogens with zero attached hydrogens (tertiary/aromatic N) is 3. The van der Waals surface area contributed by atoms with Crippen LogP contribution in [0.3, 0.4) is 0 Å². The number of thioether (sulfide) groups is 1. The van der Waals surface area contributed by atoms with Gasteiger partial charge >= 0.3 is 17.9 Å². The van der Waals surface area contributed by atoms with E-state index in [1.54, 1.807) is 6.08 Å². The highest BCUT2D eigenvalue weighted by molar-refractivity contribution is 7.99. The summed E-state index contributed by atoms with van der Waals surface area (Å²) in [6, 6.07) is 8.47. The Morgan fingerprint density at radius 3 is 2.26 bits per heavy atom. The van der Waals surface area contributed by atoms with E-state index in [1.165, 1.54) is 27.7 Å². The molecule has 2 aromatic rings. The van der Waals surface area contributed by atoms with E-state index in [-0.39, 0.29) is 6.61 Å². The number of rotatable bonds is 10. The average molecular weight is 547 g/mol. The van der Waals surface area contributed by atoms with Crippen molar-refractivity contribution < 1.29 is 38.1 Å². The molecule has 0 spiro atoms. The highest BCUT2D eigenvalue weighted by atomic mass is 32.2. The van der Waals surface area contributed by atoms with E-state index >= 15 is 0 Å². The molecule has 0 unspecified atom stereocenters. The van der Waals surface area contributed by atoms with Gasteiger partial charge in [-0.15, -0.1) is 16.8 Å². The van der Waals surface area contributed by atoms with Crippen molar-refractivity contribution in [2.24, 2.45) is 0 Å². The molecule has 1 amide bonds. The lowest BCUT2D eigenvalue weighted by Gasteiger charge is -2.44. The van der Waals surface area contributed by atoms with Gasteiger partial charge in [-0.25, -0.2) is 0 Å². The summed E-state index contributed by atoms with van der Waals surface area (Å²) in [6.45, 7) is 8.81. The maximum Gasteiger partial charge on any atom is 0.303 e. The van der Waals surface area contributed by atoms with Crippen molar-refractivity contribution >= 4 is 35.6 Å². The minimum Gasteiger partial charge on any atom is -0.463 e. The van der Waals surface area contributed by atoms with Crippen LogP contribution in [0, 0.1) is 0 Å². The van der Waals surface area contributed by atoms with Gasteiger partial charge in [0, 0.05) is 39.8 Å². The van der Waals surface area contributed by atoms with Crippen LogP contribution in [-0.4, -0.2) is 75.0 Å². The van der Waals surface area contributed by atoms with Crippen LogP contribution >= 0.6 is 11.8 Å². The molecule has 2 heterocycles. The van der Waals surface area contributed by atoms with Gasteiger partial charge in [0.15, 0.2) is 23.2 Å². The van der Waals surface area contributed by atoms with Crippen LogP contribution < -0.4 is 5.32 Å². The van der Waals surface area contributed by atoms with Gasteiger partial charge in [-0.2, -0.15) is 0 Å². The number of benzene rings is 1. The molecule has 204 valence electrons. The van der Waals surface area contributed by atoms with Crippen LogP contribution in [0.5, 0.6) is 0 Å². The van der Waals surface area contributed by atoms with Gasteiger partial charge in [0.05, 0.1) is 0 Å². The lowest BCUT2D eigenvalue weighted by atomic mass is 9.97. The molecule has 1 aromatic heterocycles. The van der Waals surface area contributed by atoms with Crippen molar-refractivity contribution in [1.82, 2.24) is 20.1 Å². The Hall–Kier alpha value is -3.71. The fraction of sp³-hybridized carbons (Fsp3) is 0.440. The van der Waals surface area contributed by atoms with E-state index in [0.717, 1.165) is 17.3 Å². The Bertz CT molecular complexity index is 1170. The van der Waals surface area contributed by atoms with Crippen LogP contribution in [0.1, 0.15) is 27.7 Å². The van der Waals surface area contributed by atoms with Crippen molar-refractivity contribution in [2.75, 3.05) is 6.61 Å². The maximum atomic E-state index is 12.2. The highest BCUT2D eigenvalue weighted by Crippen LogP contribution is 2.36. The van der Waals surface area contributed by atoms with Crippen molar-refractivity contribution in [1.29, 1.82) is 0 Å². The SMILES string of the molecule is C=CCn1c(S[C@H]2O[C@@H](COC(C)=O)[C@@H](OC(C)=O)[C@@H](OC(C)=O)[C@@H]2NC(C)=O)nnc1-c1ccccc1. The van der Waals surface area contributed by atoms with Crippen LogP contribution in [0.2, 0.25) is 0 Å². The molecule has 38 heavy (non-hydrogen) atoms. The third kappa shape index (κ3) is 7.42. The van der Waals surface area contributed by atoms with Gasteiger partial charge < -0.3 is 24.3 Å². The Balaban J connectivity index is 2.04. The van der Waals surface area contributed by atoms with Crippen LogP contribution in [0.25, 0.3) is 11.4 Å². The molecule has 0 aliphatic carbocycles. The number of ether oxygens (including phenoxy) is 4. The molecule has 0 radical (unpaired) electrons. The molecule has 3 rings (SSSR count). The van der Waals surface area contributed by atoms with Gasteiger partial charge in [-0.05, 0) is 0 Å². The number of allylic oxidation sites excluding steroid dienone is 1. The molecule has 1 aliphatic rings. The third-order valence-electron chi connectivity index (χ3n) is 5.35. The summed E-state index contributed by atoms with van der Waals surface area (Å²) in [5, 5.41) is 11.8. The second-order valence-electron chi connectivity index (χ2n) is 8.41. The van der Waals surface area contributed by atoms with Gasteiger partial charge in [-0.3, -0.25) is 23.7 Å². The fourth-order valence-electron chi connectivity index (χ4n) is 3.97. The first-order chi connectivity index (χ1) is 18.1. The number of hydrogen-bond acceptors (Lipinski definition) is 11. The summed E-state index contributed by atoms with van der Waals surface area (Å²) in [7, 11) is 0. The molecule has 12 nitrogen and oxygen atoms in total. The molecule has 1 fully saturated rings. The van der Waals surface area contributed by atoms with E-state index in [1.807, 2.05) is 34.9 Å². The number of nitrogens with one attached hydrogen (secondary N) is 1. The number of carbonyl (C=O) groups excluding carboxylic acids is 4. The summed E-state index contributed by atoms with van der Waals surface area (Å²) in [5.41, 5.74) is -0.0795. The topological polar surface area (TPSA) is 148 Å². The molecule has 1 saturated heterocycles. The molecule has 5 atom stereocenters. The second-order valence-corrected chi connectivity index (χ2v) is 9.47. The van der Waals surface area contributed by atoms with Gasteiger partial charge in [0.25, 0.3) is 0 Å². The highest BCUT2D eigenvalue weighted by Gasteiger charge is 2.51. The lowest BCUT2D eigenvalue weighted by Crippen LogP contribution is -2.65. The Kier molecular flexibility index (Phi) is 10.0. The number of esters is 3. The Morgan fingerprint density at radius 2 is 1.68 bits per heavy atom. The summed E-state index contributed by atoms with van der Waals surface area (Å²) in [6.07, 6.45) is -1.65. The monoisotopic (exact) mass is 546 g/mol. The zero-order valence-corrected chi connectivity index (χ0v) is 22.3. The molecule has 1 aliphatic heterocycles. The van der Waals surface area contributed by atoms with Crippen molar-refractivity contribution in [3.8, 4) is 11.4 Å². The van der Waals surface area contributed by atoms with Gasteiger partial charge in [0.2, 0.25) is 5.91 Å². The first-order valence-corrected chi connectivity index (χ1v) is 12.6. The number of amides is 1. The predicted molar refractivity (Wildman–Crippen MR) is 136 cm³/mol. The molecule has 13 heteroatoms. The quantitative estimate of drug-likeness (QED) is 0.264. The lowest BCUT2D eigenvalue weighted by molar-refractivity contribution is -0.211. The standard InChI is InChI=1S/C25H30N4O8S/c1-6-12-29-23(18-10-8-7-9-11-18)27-28-25(29)38-24-20(26-14(2)30)22(36-17(5)33)21(35-16(4)32)19(37-24)13-34-15(3)31/h6-11,19-22,24H,1,12-13H2,2-5H3,(H,26,30)/t19-,20-,21+,22-,24+/m0/s1. The average Bonchev–Trinajstić information content (AvgIpc) is 3.23. The van der Waals surface area contributed by atoms with E-state index in [4.69, 9.17) is 18.9 Å². The third-order valence-corrected chi connectivity index (χ3v) is 6.50. The number of carbonyl (C=O) groups is 4. The molecule has 0 saturated carbocycles. The zero-order valence-electron chi connectivity index (χ0n) is 21.5. The largest absolute Gasteiger partial charge is 0.463 e. The van der Waals surface area contributed by atoms with Crippen molar-refractivity contribution in [3.63, 3.8) is 0 Å². The molecular formula is C25H30N4O8S. The predicted octanol–water partition coefficient (Wildman–Crippen LogP) is 1.88. The Labute approximate surface area is 224 Å². The van der Waals surface area contributed by atoms with E-state index in [0.29, 0.717) is 17.5 Å². The van der Waals surface area contributed by atoms with Gasteiger partial charge in [-0.1, -0.05) is 48.2 Å². The molecular weight excluding hydrogens is 516 g/mol. The molecule has 1 aromatic carbocycles. The summed E-state index contributed by atoms with van der Waals surface area (Å²) >= 11 is 1.12. The van der Waals surface area contributed by atoms with Gasteiger partial charge in [0.1, 0.15) is 24.2 Å². The Morgan fingerprint density at radius 1 is 1.03 bits per heavy atom. The molecule has 0 bridgehead atoms. The maximum absolute atomic E-state index is 12.2. The fourth-order valence-corrected chi connectivity index (χ4v) is 5.12.